The van der Waals surface area contributed by atoms with Crippen LogP contribution < -0.4 is 0 Å². The third kappa shape index (κ3) is 2.53. The highest BCUT2D eigenvalue weighted by molar-refractivity contribution is 4.91. The molecule has 0 bridgehead atoms. The van der Waals surface area contributed by atoms with Crippen LogP contribution in [0.2, 0.25) is 0 Å². The van der Waals surface area contributed by atoms with E-state index in [-0.39, 0.29) is 0 Å². The van der Waals surface area contributed by atoms with Gasteiger partial charge in [-0.25, -0.2) is 4.98 Å². The van der Waals surface area contributed by atoms with E-state index in [1.807, 2.05) is 12.4 Å². The molecule has 1 spiro atoms. The summed E-state index contributed by atoms with van der Waals surface area (Å²) in [6.07, 6.45) is 8.93. The van der Waals surface area contributed by atoms with Crippen molar-refractivity contribution in [3.8, 4) is 0 Å². The minimum Gasteiger partial charge on any atom is -0.381 e. The van der Waals surface area contributed by atoms with Crippen molar-refractivity contribution in [2.24, 2.45) is 5.41 Å². The number of hydrogen-bond acceptors (Lipinski definition) is 3. The van der Waals surface area contributed by atoms with Crippen molar-refractivity contribution in [1.82, 2.24) is 14.9 Å². The van der Waals surface area contributed by atoms with Crippen LogP contribution in [0.1, 0.15) is 31.5 Å². The molecule has 1 aromatic heterocycles. The van der Waals surface area contributed by atoms with Crippen molar-refractivity contribution in [1.29, 1.82) is 0 Å². The third-order valence-electron chi connectivity index (χ3n) is 4.40. The second-order valence-electron chi connectivity index (χ2n) is 5.42. The first-order valence-corrected chi connectivity index (χ1v) is 6.65. The number of rotatable bonds is 2. The molecule has 2 aliphatic rings. The molecule has 17 heavy (non-hydrogen) atoms. The third-order valence-corrected chi connectivity index (χ3v) is 4.40. The molecule has 3 rings (SSSR count). The summed E-state index contributed by atoms with van der Waals surface area (Å²) >= 11 is 0. The van der Waals surface area contributed by atoms with Gasteiger partial charge in [0.2, 0.25) is 0 Å². The zero-order valence-electron chi connectivity index (χ0n) is 10.3. The number of nitrogens with zero attached hydrogens (tertiary/aromatic N) is 2. The Hall–Kier alpha value is -0.870. The molecule has 1 N–H and O–H groups in total. The van der Waals surface area contributed by atoms with Gasteiger partial charge in [0.25, 0.3) is 0 Å². The Kier molecular flexibility index (Phi) is 3.16. The monoisotopic (exact) mass is 235 g/mol. The van der Waals surface area contributed by atoms with E-state index in [2.05, 4.69) is 14.9 Å². The predicted molar refractivity (Wildman–Crippen MR) is 65.6 cm³/mol. The normalized spacial score (nSPS) is 25.2. The predicted octanol–water partition coefficient (Wildman–Crippen LogP) is 1.80. The van der Waals surface area contributed by atoms with Gasteiger partial charge in [0.1, 0.15) is 5.82 Å². The summed E-state index contributed by atoms with van der Waals surface area (Å²) in [5.74, 6) is 1.09. The van der Waals surface area contributed by atoms with Gasteiger partial charge in [0, 0.05) is 25.6 Å². The van der Waals surface area contributed by atoms with Gasteiger partial charge in [0.15, 0.2) is 0 Å². The summed E-state index contributed by atoms with van der Waals surface area (Å²) in [7, 11) is 0. The molecular formula is C13H21N3O. The van der Waals surface area contributed by atoms with Gasteiger partial charge in [-0.2, -0.15) is 0 Å². The van der Waals surface area contributed by atoms with Crippen molar-refractivity contribution in [3.63, 3.8) is 0 Å². The number of H-pyrrole nitrogens is 1. The van der Waals surface area contributed by atoms with E-state index in [9.17, 15) is 0 Å². The van der Waals surface area contributed by atoms with Gasteiger partial charge in [0.05, 0.1) is 6.54 Å². The van der Waals surface area contributed by atoms with E-state index in [0.29, 0.717) is 5.41 Å². The van der Waals surface area contributed by atoms with Crippen molar-refractivity contribution in [2.45, 2.75) is 32.2 Å². The maximum Gasteiger partial charge on any atom is 0.120 e. The second-order valence-corrected chi connectivity index (χ2v) is 5.42. The van der Waals surface area contributed by atoms with E-state index in [1.165, 1.54) is 38.8 Å². The Bertz CT molecular complexity index is 334. The van der Waals surface area contributed by atoms with Crippen LogP contribution in [0.25, 0.3) is 0 Å². The number of imidazole rings is 1. The van der Waals surface area contributed by atoms with E-state index in [0.717, 1.165) is 25.6 Å². The van der Waals surface area contributed by atoms with E-state index < -0.39 is 0 Å². The molecule has 4 nitrogen and oxygen atoms in total. The molecule has 3 heterocycles. The summed E-state index contributed by atoms with van der Waals surface area (Å²) in [5.41, 5.74) is 0.595. The molecule has 0 aromatic carbocycles. The van der Waals surface area contributed by atoms with Gasteiger partial charge < -0.3 is 9.72 Å². The van der Waals surface area contributed by atoms with E-state index in [4.69, 9.17) is 4.74 Å². The summed E-state index contributed by atoms with van der Waals surface area (Å²) in [4.78, 5) is 9.99. The van der Waals surface area contributed by atoms with Crippen LogP contribution in [-0.4, -0.2) is 41.2 Å². The minimum absolute atomic E-state index is 0.595. The number of aromatic amines is 1. The molecule has 2 saturated heterocycles. The fourth-order valence-corrected chi connectivity index (χ4v) is 3.09. The quantitative estimate of drug-likeness (QED) is 0.850. The van der Waals surface area contributed by atoms with E-state index in [1.54, 1.807) is 0 Å². The molecule has 2 aliphatic heterocycles. The molecule has 4 heteroatoms. The van der Waals surface area contributed by atoms with Crippen molar-refractivity contribution < 1.29 is 4.74 Å². The zero-order valence-corrected chi connectivity index (χ0v) is 10.3. The molecule has 0 atom stereocenters. The average Bonchev–Trinajstić information content (AvgIpc) is 2.87. The highest BCUT2D eigenvalue weighted by Gasteiger charge is 2.35. The average molecular weight is 235 g/mol. The smallest absolute Gasteiger partial charge is 0.120 e. The second kappa shape index (κ2) is 4.78. The molecule has 0 unspecified atom stereocenters. The molecule has 0 saturated carbocycles. The lowest BCUT2D eigenvalue weighted by atomic mass is 9.72. The number of piperidine rings is 1. The molecule has 2 fully saturated rings. The maximum absolute atomic E-state index is 5.48. The summed E-state index contributed by atoms with van der Waals surface area (Å²) < 4.78 is 5.48. The number of nitrogens with one attached hydrogen (secondary N) is 1. The minimum atomic E-state index is 0.595. The largest absolute Gasteiger partial charge is 0.381 e. The number of likely N-dealkylation sites (tertiary alicyclic amines) is 1. The van der Waals surface area contributed by atoms with Crippen molar-refractivity contribution >= 4 is 0 Å². The van der Waals surface area contributed by atoms with Crippen LogP contribution in [-0.2, 0) is 11.3 Å². The van der Waals surface area contributed by atoms with Crippen LogP contribution in [0.15, 0.2) is 12.4 Å². The van der Waals surface area contributed by atoms with Gasteiger partial charge >= 0.3 is 0 Å². The first kappa shape index (κ1) is 11.2. The van der Waals surface area contributed by atoms with Gasteiger partial charge in [-0.3, -0.25) is 4.90 Å². The maximum atomic E-state index is 5.48. The summed E-state index contributed by atoms with van der Waals surface area (Å²) in [5, 5.41) is 0. The zero-order chi connectivity index (χ0) is 11.6. The molecule has 94 valence electrons. The Balaban J connectivity index is 1.53. The lowest BCUT2D eigenvalue weighted by molar-refractivity contribution is -0.0221. The van der Waals surface area contributed by atoms with Crippen molar-refractivity contribution in [2.75, 3.05) is 26.3 Å². The van der Waals surface area contributed by atoms with Gasteiger partial charge in [-0.15, -0.1) is 0 Å². The molecule has 1 aromatic rings. The van der Waals surface area contributed by atoms with Crippen LogP contribution in [0.3, 0.4) is 0 Å². The Labute approximate surface area is 102 Å². The standard InChI is InChI=1S/C13H21N3O/c1-7-16(11-12-14-5-6-15-12)8-2-13(1)3-9-17-10-4-13/h5-6H,1-4,7-11H2,(H,14,15). The first-order valence-electron chi connectivity index (χ1n) is 6.65. The Morgan fingerprint density at radius 1 is 1.24 bits per heavy atom. The lowest BCUT2D eigenvalue weighted by Gasteiger charge is -2.43. The molecular weight excluding hydrogens is 214 g/mol. The summed E-state index contributed by atoms with van der Waals surface area (Å²) in [6, 6.07) is 0. The Morgan fingerprint density at radius 3 is 2.65 bits per heavy atom. The number of aromatic nitrogens is 2. The van der Waals surface area contributed by atoms with Crippen LogP contribution >= 0.6 is 0 Å². The highest BCUT2D eigenvalue weighted by atomic mass is 16.5. The SMILES string of the molecule is c1c[nH]c(CN2CCC3(CCOCC3)CC2)n1. The molecule has 0 radical (unpaired) electrons. The van der Waals surface area contributed by atoms with E-state index >= 15 is 0 Å². The fourth-order valence-electron chi connectivity index (χ4n) is 3.09. The molecule has 0 aliphatic carbocycles. The summed E-state index contributed by atoms with van der Waals surface area (Å²) in [6.45, 7) is 5.33. The number of ether oxygens (including phenoxy) is 1. The highest BCUT2D eigenvalue weighted by Crippen LogP contribution is 2.40. The first-order chi connectivity index (χ1) is 8.36. The van der Waals surface area contributed by atoms with Crippen LogP contribution in [0.4, 0.5) is 0 Å². The van der Waals surface area contributed by atoms with Gasteiger partial charge in [-0.1, -0.05) is 0 Å². The topological polar surface area (TPSA) is 41.2 Å². The van der Waals surface area contributed by atoms with Gasteiger partial charge in [-0.05, 0) is 44.2 Å². The lowest BCUT2D eigenvalue weighted by Crippen LogP contribution is -2.42. The number of hydrogen-bond donors (Lipinski definition) is 1. The Morgan fingerprint density at radius 2 is 2.00 bits per heavy atom. The van der Waals surface area contributed by atoms with Crippen LogP contribution in [0, 0.1) is 5.41 Å². The fraction of sp³-hybridized carbons (Fsp3) is 0.769. The molecule has 0 amide bonds. The van der Waals surface area contributed by atoms with Crippen LogP contribution in [0.5, 0.6) is 0 Å². The van der Waals surface area contributed by atoms with Crippen molar-refractivity contribution in [3.05, 3.63) is 18.2 Å².